The van der Waals surface area contributed by atoms with Crippen molar-refractivity contribution in [3.8, 4) is 0 Å². The van der Waals surface area contributed by atoms with Crippen LogP contribution in [0.3, 0.4) is 0 Å². The molecule has 3 atom stereocenters. The second-order valence-corrected chi connectivity index (χ2v) is 6.80. The van der Waals surface area contributed by atoms with Crippen LogP contribution in [-0.2, 0) is 0 Å². The molecule has 0 spiro atoms. The van der Waals surface area contributed by atoms with E-state index in [4.69, 9.17) is 0 Å². The normalized spacial score (nSPS) is 37.0. The van der Waals surface area contributed by atoms with Gasteiger partial charge in [-0.2, -0.15) is 0 Å². The third kappa shape index (κ3) is 3.48. The summed E-state index contributed by atoms with van der Waals surface area (Å²) in [5.74, 6) is 2.03. The largest absolute Gasteiger partial charge is 0.314 e. The monoisotopic (exact) mass is 250 g/mol. The van der Waals surface area contributed by atoms with E-state index in [1.165, 1.54) is 77.3 Å². The molecule has 2 aliphatic carbocycles. The van der Waals surface area contributed by atoms with Gasteiger partial charge in [-0.3, -0.25) is 0 Å². The molecule has 1 aliphatic heterocycles. The first-order valence-corrected chi connectivity index (χ1v) is 8.40. The smallest absolute Gasteiger partial charge is 0.0110 e. The molecule has 2 N–H and O–H groups in total. The third-order valence-corrected chi connectivity index (χ3v) is 5.33. The highest BCUT2D eigenvalue weighted by molar-refractivity contribution is 4.92. The fraction of sp³-hybridized carbons (Fsp3) is 1.00. The summed E-state index contributed by atoms with van der Waals surface area (Å²) in [7, 11) is 0. The highest BCUT2D eigenvalue weighted by Crippen LogP contribution is 2.34. The van der Waals surface area contributed by atoms with Crippen molar-refractivity contribution in [2.75, 3.05) is 13.1 Å². The lowest BCUT2D eigenvalue weighted by Crippen LogP contribution is -2.47. The molecule has 3 rings (SSSR count). The van der Waals surface area contributed by atoms with Crippen molar-refractivity contribution in [1.29, 1.82) is 0 Å². The van der Waals surface area contributed by atoms with Gasteiger partial charge in [-0.25, -0.2) is 0 Å². The Morgan fingerprint density at radius 3 is 2.67 bits per heavy atom. The van der Waals surface area contributed by atoms with Crippen LogP contribution in [0.1, 0.15) is 64.2 Å². The van der Waals surface area contributed by atoms with Crippen LogP contribution >= 0.6 is 0 Å². The number of hydrogen-bond donors (Lipinski definition) is 2. The van der Waals surface area contributed by atoms with Crippen molar-refractivity contribution in [3.63, 3.8) is 0 Å². The van der Waals surface area contributed by atoms with Crippen molar-refractivity contribution in [3.05, 3.63) is 0 Å². The molecule has 0 aromatic rings. The van der Waals surface area contributed by atoms with E-state index in [0.29, 0.717) is 0 Å². The average molecular weight is 250 g/mol. The fourth-order valence-corrected chi connectivity index (χ4v) is 4.05. The van der Waals surface area contributed by atoms with Gasteiger partial charge in [-0.05, 0) is 63.5 Å². The first kappa shape index (κ1) is 12.9. The van der Waals surface area contributed by atoms with E-state index in [9.17, 15) is 0 Å². The summed E-state index contributed by atoms with van der Waals surface area (Å²) in [5, 5.41) is 7.64. The Balaban J connectivity index is 1.38. The van der Waals surface area contributed by atoms with E-state index in [1.54, 1.807) is 0 Å². The van der Waals surface area contributed by atoms with E-state index in [2.05, 4.69) is 10.6 Å². The summed E-state index contributed by atoms with van der Waals surface area (Å²) in [5.41, 5.74) is 0. The molecular formula is C16H30N2. The molecule has 2 saturated carbocycles. The van der Waals surface area contributed by atoms with Gasteiger partial charge in [0.05, 0.1) is 0 Å². The summed E-state index contributed by atoms with van der Waals surface area (Å²) in [6, 6.07) is 1.64. The fourth-order valence-electron chi connectivity index (χ4n) is 4.05. The van der Waals surface area contributed by atoms with Crippen LogP contribution in [0.2, 0.25) is 0 Å². The van der Waals surface area contributed by atoms with Gasteiger partial charge >= 0.3 is 0 Å². The summed E-state index contributed by atoms with van der Waals surface area (Å²) in [6.07, 6.45) is 14.5. The Labute approximate surface area is 112 Å². The lowest BCUT2D eigenvalue weighted by molar-refractivity contribution is 0.257. The molecule has 1 saturated heterocycles. The van der Waals surface area contributed by atoms with Crippen LogP contribution in [-0.4, -0.2) is 25.2 Å². The van der Waals surface area contributed by atoms with Crippen LogP contribution in [0, 0.1) is 11.8 Å². The van der Waals surface area contributed by atoms with Crippen LogP contribution in [0.4, 0.5) is 0 Å². The van der Waals surface area contributed by atoms with Gasteiger partial charge in [0.15, 0.2) is 0 Å². The Bertz CT molecular complexity index is 243. The van der Waals surface area contributed by atoms with Crippen LogP contribution < -0.4 is 10.6 Å². The summed E-state index contributed by atoms with van der Waals surface area (Å²) < 4.78 is 0. The molecule has 0 aromatic heterocycles. The van der Waals surface area contributed by atoms with Gasteiger partial charge in [-0.1, -0.05) is 25.7 Å². The van der Waals surface area contributed by atoms with Crippen molar-refractivity contribution in [2.24, 2.45) is 11.8 Å². The molecule has 3 aliphatic rings. The molecule has 2 nitrogen and oxygen atoms in total. The number of hydrogen-bond acceptors (Lipinski definition) is 2. The SMILES string of the molecule is C1CCC(C2CCCC2NCCCC2CC2)NC1. The molecule has 3 fully saturated rings. The Morgan fingerprint density at radius 2 is 1.89 bits per heavy atom. The highest BCUT2D eigenvalue weighted by atomic mass is 15.0. The summed E-state index contributed by atoms with van der Waals surface area (Å²) in [4.78, 5) is 0. The van der Waals surface area contributed by atoms with Crippen molar-refractivity contribution in [2.45, 2.75) is 76.3 Å². The Kier molecular flexibility index (Phi) is 4.58. The van der Waals surface area contributed by atoms with Crippen LogP contribution in [0.25, 0.3) is 0 Å². The second-order valence-electron chi connectivity index (χ2n) is 6.80. The molecule has 0 radical (unpaired) electrons. The van der Waals surface area contributed by atoms with Crippen LogP contribution in [0.5, 0.6) is 0 Å². The van der Waals surface area contributed by atoms with Gasteiger partial charge in [0.1, 0.15) is 0 Å². The van der Waals surface area contributed by atoms with Crippen LogP contribution in [0.15, 0.2) is 0 Å². The first-order valence-electron chi connectivity index (χ1n) is 8.40. The minimum atomic E-state index is 0.819. The van der Waals surface area contributed by atoms with Crippen molar-refractivity contribution < 1.29 is 0 Å². The van der Waals surface area contributed by atoms with Gasteiger partial charge in [0, 0.05) is 12.1 Å². The molecule has 0 aromatic carbocycles. The molecule has 3 unspecified atom stereocenters. The highest BCUT2D eigenvalue weighted by Gasteiger charge is 2.33. The van der Waals surface area contributed by atoms with Gasteiger partial charge < -0.3 is 10.6 Å². The lowest BCUT2D eigenvalue weighted by atomic mass is 9.88. The molecule has 0 bridgehead atoms. The van der Waals surface area contributed by atoms with E-state index in [0.717, 1.165) is 23.9 Å². The van der Waals surface area contributed by atoms with E-state index >= 15 is 0 Å². The van der Waals surface area contributed by atoms with E-state index < -0.39 is 0 Å². The minimum Gasteiger partial charge on any atom is -0.314 e. The summed E-state index contributed by atoms with van der Waals surface area (Å²) in [6.45, 7) is 2.53. The van der Waals surface area contributed by atoms with Crippen molar-refractivity contribution in [1.82, 2.24) is 10.6 Å². The zero-order valence-electron chi connectivity index (χ0n) is 11.8. The van der Waals surface area contributed by atoms with Gasteiger partial charge in [-0.15, -0.1) is 0 Å². The summed E-state index contributed by atoms with van der Waals surface area (Å²) >= 11 is 0. The van der Waals surface area contributed by atoms with Gasteiger partial charge in [0.25, 0.3) is 0 Å². The molecule has 18 heavy (non-hydrogen) atoms. The third-order valence-electron chi connectivity index (χ3n) is 5.33. The second kappa shape index (κ2) is 6.38. The van der Waals surface area contributed by atoms with E-state index in [-0.39, 0.29) is 0 Å². The standard InChI is InChI=1S/C16H30N2/c1-2-11-17-15(7-1)14-6-3-8-16(14)18-12-4-5-13-9-10-13/h13-18H,1-12H2. The quantitative estimate of drug-likeness (QED) is 0.708. The Morgan fingerprint density at radius 1 is 0.944 bits per heavy atom. The minimum absolute atomic E-state index is 0.819. The topological polar surface area (TPSA) is 24.1 Å². The Hall–Kier alpha value is -0.0800. The predicted molar refractivity (Wildman–Crippen MR) is 76.7 cm³/mol. The number of rotatable bonds is 6. The zero-order chi connectivity index (χ0) is 12.2. The van der Waals surface area contributed by atoms with E-state index in [1.807, 2.05) is 0 Å². The maximum Gasteiger partial charge on any atom is 0.0110 e. The zero-order valence-corrected chi connectivity index (χ0v) is 11.8. The lowest BCUT2D eigenvalue weighted by Gasteiger charge is -2.33. The number of nitrogens with one attached hydrogen (secondary N) is 2. The average Bonchev–Trinajstić information content (AvgIpc) is 3.12. The maximum atomic E-state index is 3.87. The molecular weight excluding hydrogens is 220 g/mol. The number of piperidine rings is 1. The molecule has 0 amide bonds. The molecule has 104 valence electrons. The molecule has 1 heterocycles. The maximum absolute atomic E-state index is 3.87. The van der Waals surface area contributed by atoms with Crippen molar-refractivity contribution >= 4 is 0 Å². The molecule has 2 heteroatoms. The van der Waals surface area contributed by atoms with Gasteiger partial charge in [0.2, 0.25) is 0 Å². The predicted octanol–water partition coefficient (Wildman–Crippen LogP) is 3.08. The first-order chi connectivity index (χ1) is 8.93.